The maximum Gasteiger partial charge on any atom is 0.312 e. The van der Waals surface area contributed by atoms with Gasteiger partial charge in [0.05, 0.1) is 25.2 Å². The first-order valence-corrected chi connectivity index (χ1v) is 7.94. The molecule has 5 heteroatoms. The van der Waals surface area contributed by atoms with Crippen LogP contribution in [0.15, 0.2) is 0 Å². The Morgan fingerprint density at radius 1 is 1.47 bits per heavy atom. The summed E-state index contributed by atoms with van der Waals surface area (Å²) in [5, 5.41) is 0. The SMILES string of the molecule is CCOC(=O)[C@@]1(CCS)CC1CCN1CCOCC1. The summed E-state index contributed by atoms with van der Waals surface area (Å²) in [5.41, 5.74) is -0.218. The molecule has 0 amide bonds. The van der Waals surface area contributed by atoms with E-state index >= 15 is 0 Å². The second-order valence-corrected chi connectivity index (χ2v) is 5.94. The van der Waals surface area contributed by atoms with Crippen LogP contribution in [0.4, 0.5) is 0 Å². The molecule has 110 valence electrons. The van der Waals surface area contributed by atoms with E-state index in [4.69, 9.17) is 9.47 Å². The monoisotopic (exact) mass is 287 g/mol. The number of morpholine rings is 1. The van der Waals surface area contributed by atoms with E-state index in [2.05, 4.69) is 17.5 Å². The van der Waals surface area contributed by atoms with Crippen LogP contribution < -0.4 is 0 Å². The second-order valence-electron chi connectivity index (χ2n) is 5.49. The third-order valence-corrected chi connectivity index (χ3v) is 4.59. The van der Waals surface area contributed by atoms with E-state index in [0.29, 0.717) is 12.5 Å². The zero-order valence-corrected chi connectivity index (χ0v) is 12.7. The van der Waals surface area contributed by atoms with Crippen molar-refractivity contribution in [1.29, 1.82) is 0 Å². The minimum absolute atomic E-state index is 0.00368. The van der Waals surface area contributed by atoms with E-state index < -0.39 is 0 Å². The van der Waals surface area contributed by atoms with Crippen LogP contribution in [0.1, 0.15) is 26.2 Å². The van der Waals surface area contributed by atoms with Gasteiger partial charge in [-0.15, -0.1) is 0 Å². The fourth-order valence-electron chi connectivity index (χ4n) is 3.05. The minimum atomic E-state index is -0.218. The fraction of sp³-hybridized carbons (Fsp3) is 0.929. The number of hydrogen-bond donors (Lipinski definition) is 1. The average molecular weight is 287 g/mol. The standard InChI is InChI=1S/C14H25NO3S/c1-2-18-13(16)14(4-10-19)11-12(14)3-5-15-6-8-17-9-7-15/h12,19H,2-11H2,1H3/t12?,14-/m0/s1. The fourth-order valence-corrected chi connectivity index (χ4v) is 3.45. The zero-order valence-electron chi connectivity index (χ0n) is 11.8. The molecule has 2 atom stereocenters. The lowest BCUT2D eigenvalue weighted by atomic mass is 9.98. The molecule has 19 heavy (non-hydrogen) atoms. The largest absolute Gasteiger partial charge is 0.466 e. The molecule has 0 aromatic rings. The molecule has 0 bridgehead atoms. The summed E-state index contributed by atoms with van der Waals surface area (Å²) >= 11 is 4.29. The Balaban J connectivity index is 1.79. The number of esters is 1. The Kier molecular flexibility index (Phi) is 5.54. The van der Waals surface area contributed by atoms with E-state index in [1.54, 1.807) is 0 Å². The summed E-state index contributed by atoms with van der Waals surface area (Å²) in [6.45, 7) is 7.13. The van der Waals surface area contributed by atoms with Crippen molar-refractivity contribution in [3.8, 4) is 0 Å². The lowest BCUT2D eigenvalue weighted by molar-refractivity contribution is -0.150. The molecule has 2 rings (SSSR count). The highest BCUT2D eigenvalue weighted by atomic mass is 32.1. The first kappa shape index (κ1) is 15.1. The van der Waals surface area contributed by atoms with Crippen molar-refractivity contribution < 1.29 is 14.3 Å². The molecule has 0 aromatic heterocycles. The molecule has 0 aromatic carbocycles. The van der Waals surface area contributed by atoms with Crippen LogP contribution in [0, 0.1) is 11.3 Å². The summed E-state index contributed by atoms with van der Waals surface area (Å²) < 4.78 is 10.6. The van der Waals surface area contributed by atoms with E-state index in [0.717, 1.165) is 57.9 Å². The molecule has 0 radical (unpaired) electrons. The lowest BCUT2D eigenvalue weighted by Gasteiger charge is -2.26. The van der Waals surface area contributed by atoms with Gasteiger partial charge in [0, 0.05) is 13.1 Å². The highest BCUT2D eigenvalue weighted by Crippen LogP contribution is 2.58. The van der Waals surface area contributed by atoms with Crippen LogP contribution in [0.3, 0.4) is 0 Å². The van der Waals surface area contributed by atoms with Gasteiger partial charge in [-0.05, 0) is 44.4 Å². The summed E-state index contributed by atoms with van der Waals surface area (Å²) in [5.74, 6) is 1.24. The molecule has 2 fully saturated rings. The molecule has 0 N–H and O–H groups in total. The van der Waals surface area contributed by atoms with Gasteiger partial charge in [-0.1, -0.05) is 0 Å². The predicted octanol–water partition coefficient (Wildman–Crippen LogP) is 1.60. The van der Waals surface area contributed by atoms with Crippen molar-refractivity contribution in [2.24, 2.45) is 11.3 Å². The van der Waals surface area contributed by atoms with Crippen LogP contribution in [0.25, 0.3) is 0 Å². The maximum atomic E-state index is 12.1. The lowest BCUT2D eigenvalue weighted by Crippen LogP contribution is -2.37. The van der Waals surface area contributed by atoms with Gasteiger partial charge in [-0.25, -0.2) is 0 Å². The predicted molar refractivity (Wildman–Crippen MR) is 77.5 cm³/mol. The molecule has 1 saturated heterocycles. The number of rotatable bonds is 7. The zero-order chi connectivity index (χ0) is 13.7. The number of carbonyl (C=O) groups is 1. The van der Waals surface area contributed by atoms with Gasteiger partial charge >= 0.3 is 5.97 Å². The van der Waals surface area contributed by atoms with Crippen molar-refractivity contribution in [2.45, 2.75) is 26.2 Å². The summed E-state index contributed by atoms with van der Waals surface area (Å²) in [6.07, 6.45) is 2.92. The Morgan fingerprint density at radius 2 is 2.21 bits per heavy atom. The third kappa shape index (κ3) is 3.64. The van der Waals surface area contributed by atoms with Crippen LogP contribution >= 0.6 is 12.6 Å². The van der Waals surface area contributed by atoms with Crippen LogP contribution in [0.2, 0.25) is 0 Å². The Bertz CT molecular complexity index is 307. The van der Waals surface area contributed by atoms with Crippen LogP contribution in [-0.2, 0) is 14.3 Å². The summed E-state index contributed by atoms with van der Waals surface area (Å²) in [6, 6.07) is 0. The molecule has 1 aliphatic heterocycles. The third-order valence-electron chi connectivity index (χ3n) is 4.37. The van der Waals surface area contributed by atoms with E-state index in [1.165, 1.54) is 0 Å². The topological polar surface area (TPSA) is 38.8 Å². The average Bonchev–Trinajstić information content (AvgIpc) is 3.13. The van der Waals surface area contributed by atoms with Crippen molar-refractivity contribution in [2.75, 3.05) is 45.2 Å². The van der Waals surface area contributed by atoms with Crippen molar-refractivity contribution in [3.63, 3.8) is 0 Å². The van der Waals surface area contributed by atoms with Crippen molar-refractivity contribution >= 4 is 18.6 Å². The van der Waals surface area contributed by atoms with E-state index in [9.17, 15) is 4.79 Å². The van der Waals surface area contributed by atoms with Gasteiger partial charge in [-0.2, -0.15) is 12.6 Å². The smallest absolute Gasteiger partial charge is 0.312 e. The molecular formula is C14H25NO3S. The van der Waals surface area contributed by atoms with Gasteiger partial charge in [-0.3, -0.25) is 9.69 Å². The van der Waals surface area contributed by atoms with Crippen molar-refractivity contribution in [3.05, 3.63) is 0 Å². The summed E-state index contributed by atoms with van der Waals surface area (Å²) in [7, 11) is 0. The van der Waals surface area contributed by atoms with Gasteiger partial charge in [0.15, 0.2) is 0 Å². The highest BCUT2D eigenvalue weighted by molar-refractivity contribution is 7.80. The Labute approximate surface area is 121 Å². The number of ether oxygens (including phenoxy) is 2. The van der Waals surface area contributed by atoms with Crippen LogP contribution in [-0.4, -0.2) is 56.1 Å². The molecule has 1 heterocycles. The summed E-state index contributed by atoms with van der Waals surface area (Å²) in [4.78, 5) is 14.5. The van der Waals surface area contributed by atoms with Gasteiger partial charge in [0.1, 0.15) is 0 Å². The van der Waals surface area contributed by atoms with Gasteiger partial charge < -0.3 is 9.47 Å². The molecular weight excluding hydrogens is 262 g/mol. The quantitative estimate of drug-likeness (QED) is 0.570. The van der Waals surface area contributed by atoms with Crippen molar-refractivity contribution in [1.82, 2.24) is 4.90 Å². The molecule has 0 spiro atoms. The molecule has 4 nitrogen and oxygen atoms in total. The Hall–Kier alpha value is -0.260. The van der Waals surface area contributed by atoms with Crippen LogP contribution in [0.5, 0.6) is 0 Å². The number of hydrogen-bond acceptors (Lipinski definition) is 5. The maximum absolute atomic E-state index is 12.1. The molecule has 1 saturated carbocycles. The van der Waals surface area contributed by atoms with E-state index in [1.807, 2.05) is 6.92 Å². The molecule has 1 aliphatic carbocycles. The second kappa shape index (κ2) is 6.95. The molecule has 2 aliphatic rings. The number of carbonyl (C=O) groups excluding carboxylic acids is 1. The minimum Gasteiger partial charge on any atom is -0.466 e. The normalized spacial score (nSPS) is 31.2. The van der Waals surface area contributed by atoms with Gasteiger partial charge in [0.25, 0.3) is 0 Å². The highest BCUT2D eigenvalue weighted by Gasteiger charge is 2.59. The molecule has 1 unspecified atom stereocenters. The number of thiol groups is 1. The Morgan fingerprint density at radius 3 is 2.84 bits per heavy atom. The number of nitrogens with zero attached hydrogens (tertiary/aromatic N) is 1. The first-order chi connectivity index (χ1) is 9.23. The van der Waals surface area contributed by atoms with Gasteiger partial charge in [0.2, 0.25) is 0 Å². The van der Waals surface area contributed by atoms with E-state index in [-0.39, 0.29) is 11.4 Å². The first-order valence-electron chi connectivity index (χ1n) is 7.31.